The van der Waals surface area contributed by atoms with Gasteiger partial charge in [0.05, 0.1) is 6.61 Å². The predicted molar refractivity (Wildman–Crippen MR) is 72.9 cm³/mol. The summed E-state index contributed by atoms with van der Waals surface area (Å²) in [7, 11) is -1.40. The van der Waals surface area contributed by atoms with Gasteiger partial charge in [0, 0.05) is 25.0 Å². The van der Waals surface area contributed by atoms with Gasteiger partial charge in [-0.2, -0.15) is 0 Å². The summed E-state index contributed by atoms with van der Waals surface area (Å²) in [5.74, 6) is -0.415. The minimum Gasteiger partial charge on any atom is -0.461 e. The van der Waals surface area contributed by atoms with Gasteiger partial charge in [-0.05, 0) is 26.0 Å². The highest BCUT2D eigenvalue weighted by Gasteiger charge is 2.25. The van der Waals surface area contributed by atoms with Crippen molar-refractivity contribution in [3.8, 4) is 0 Å². The number of rotatable bonds is 8. The molecule has 1 atom stereocenters. The van der Waals surface area contributed by atoms with Gasteiger partial charge in [0.15, 0.2) is 0 Å². The topological polar surface area (TPSA) is 57.7 Å². The number of hydrogen-bond donors (Lipinski definition) is 0. The van der Waals surface area contributed by atoms with Gasteiger partial charge in [-0.25, -0.2) is 9.78 Å². The second-order valence-electron chi connectivity index (χ2n) is 3.90. The Bertz CT molecular complexity index is 368. The largest absolute Gasteiger partial charge is 0.461 e. The van der Waals surface area contributed by atoms with Gasteiger partial charge in [-0.1, -0.05) is 13.0 Å². The lowest BCUT2D eigenvalue weighted by Crippen LogP contribution is -2.31. The van der Waals surface area contributed by atoms with E-state index in [1.165, 1.54) is 0 Å². The van der Waals surface area contributed by atoms with Gasteiger partial charge in [0.1, 0.15) is 5.69 Å². The van der Waals surface area contributed by atoms with Crippen molar-refractivity contribution in [3.05, 3.63) is 30.1 Å². The van der Waals surface area contributed by atoms with E-state index in [2.05, 4.69) is 4.98 Å². The van der Waals surface area contributed by atoms with Crippen LogP contribution >= 0.6 is 0 Å². The summed E-state index contributed by atoms with van der Waals surface area (Å²) >= 11 is 0. The summed E-state index contributed by atoms with van der Waals surface area (Å²) in [6, 6.07) is 5.14. The van der Waals surface area contributed by atoms with E-state index < -0.39 is 15.3 Å². The fourth-order valence-electron chi connectivity index (χ4n) is 1.44. The SMILES string of the molecule is CCO[Si](OCC)C(C)COC(=O)c1ccccn1. The Labute approximate surface area is 115 Å². The van der Waals surface area contributed by atoms with E-state index in [9.17, 15) is 4.79 Å². The molecule has 0 aliphatic heterocycles. The number of nitrogens with zero attached hydrogens (tertiary/aromatic N) is 1. The molecule has 1 unspecified atom stereocenters. The van der Waals surface area contributed by atoms with Crippen molar-refractivity contribution in [2.45, 2.75) is 26.3 Å². The number of aromatic nitrogens is 1. The Kier molecular flexibility index (Phi) is 7.31. The van der Waals surface area contributed by atoms with Crippen LogP contribution in [0.5, 0.6) is 0 Å². The average Bonchev–Trinajstić information content (AvgIpc) is 2.45. The smallest absolute Gasteiger partial charge is 0.391 e. The Balaban J connectivity index is 2.44. The second kappa shape index (κ2) is 8.79. The monoisotopic (exact) mass is 282 g/mol. The van der Waals surface area contributed by atoms with Crippen molar-refractivity contribution in [1.29, 1.82) is 0 Å². The predicted octanol–water partition coefficient (Wildman–Crippen LogP) is 2.19. The molecular weight excluding hydrogens is 262 g/mol. The first-order chi connectivity index (χ1) is 9.19. The Morgan fingerprint density at radius 3 is 2.53 bits per heavy atom. The number of carbonyl (C=O) groups excluding carboxylic acids is 1. The molecule has 0 bridgehead atoms. The summed E-state index contributed by atoms with van der Waals surface area (Å²) < 4.78 is 16.3. The molecule has 5 nitrogen and oxygen atoms in total. The summed E-state index contributed by atoms with van der Waals surface area (Å²) in [6.45, 7) is 7.31. The summed E-state index contributed by atoms with van der Waals surface area (Å²) in [6.07, 6.45) is 1.57. The van der Waals surface area contributed by atoms with Gasteiger partial charge in [0.2, 0.25) is 0 Å². The van der Waals surface area contributed by atoms with Gasteiger partial charge >= 0.3 is 15.3 Å². The Morgan fingerprint density at radius 2 is 2.00 bits per heavy atom. The maximum atomic E-state index is 11.7. The molecule has 105 valence electrons. The Morgan fingerprint density at radius 1 is 1.32 bits per heavy atom. The van der Waals surface area contributed by atoms with Crippen LogP contribution in [0.3, 0.4) is 0 Å². The maximum absolute atomic E-state index is 11.7. The van der Waals surface area contributed by atoms with Crippen LogP contribution in [0.4, 0.5) is 0 Å². The molecule has 1 rings (SSSR count). The molecule has 0 N–H and O–H groups in total. The normalized spacial score (nSPS) is 12.4. The third-order valence-electron chi connectivity index (χ3n) is 2.31. The molecule has 6 heteroatoms. The van der Waals surface area contributed by atoms with E-state index in [0.717, 1.165) is 0 Å². The third kappa shape index (κ3) is 5.50. The fraction of sp³-hybridized carbons (Fsp3) is 0.538. The van der Waals surface area contributed by atoms with E-state index in [1.807, 2.05) is 20.8 Å². The molecule has 0 saturated carbocycles. The van der Waals surface area contributed by atoms with Crippen LogP contribution in [0.2, 0.25) is 5.54 Å². The van der Waals surface area contributed by atoms with Crippen molar-refractivity contribution in [3.63, 3.8) is 0 Å². The molecule has 0 aliphatic carbocycles. The lowest BCUT2D eigenvalue weighted by Gasteiger charge is -2.19. The van der Waals surface area contributed by atoms with Crippen LogP contribution in [0, 0.1) is 0 Å². The van der Waals surface area contributed by atoms with E-state index in [0.29, 0.717) is 18.9 Å². The molecule has 19 heavy (non-hydrogen) atoms. The highest BCUT2D eigenvalue weighted by atomic mass is 28.3. The maximum Gasteiger partial charge on any atom is 0.391 e. The molecule has 0 aromatic carbocycles. The standard InChI is InChI=1S/C13H20NO4Si/c1-4-17-19(18-5-2)11(3)10-16-13(15)12-8-6-7-9-14-12/h6-9,11H,4-5,10H2,1-3H3. The van der Waals surface area contributed by atoms with E-state index in [1.54, 1.807) is 24.4 Å². The highest BCUT2D eigenvalue weighted by molar-refractivity contribution is 6.46. The molecule has 0 amide bonds. The molecule has 0 aliphatic rings. The Hall–Kier alpha value is -1.24. The first-order valence-electron chi connectivity index (χ1n) is 6.39. The third-order valence-corrected chi connectivity index (χ3v) is 4.43. The minimum absolute atomic E-state index is 0.0672. The van der Waals surface area contributed by atoms with Gasteiger partial charge in [0.25, 0.3) is 0 Å². The zero-order valence-corrected chi connectivity index (χ0v) is 12.6. The quantitative estimate of drug-likeness (QED) is 0.540. The van der Waals surface area contributed by atoms with Crippen molar-refractivity contribution in [2.75, 3.05) is 19.8 Å². The minimum atomic E-state index is -1.40. The summed E-state index contributed by atoms with van der Waals surface area (Å²) in [4.78, 5) is 15.7. The van der Waals surface area contributed by atoms with Crippen LogP contribution < -0.4 is 0 Å². The number of carbonyl (C=O) groups is 1. The molecule has 0 saturated heterocycles. The molecule has 1 radical (unpaired) electrons. The van der Waals surface area contributed by atoms with Crippen LogP contribution in [-0.4, -0.2) is 40.1 Å². The average molecular weight is 282 g/mol. The van der Waals surface area contributed by atoms with Crippen LogP contribution in [0.25, 0.3) is 0 Å². The first-order valence-corrected chi connectivity index (χ1v) is 7.79. The van der Waals surface area contributed by atoms with E-state index in [-0.39, 0.29) is 12.1 Å². The van der Waals surface area contributed by atoms with E-state index in [4.69, 9.17) is 13.6 Å². The van der Waals surface area contributed by atoms with Gasteiger partial charge in [-0.3, -0.25) is 0 Å². The van der Waals surface area contributed by atoms with E-state index >= 15 is 0 Å². The number of hydrogen-bond acceptors (Lipinski definition) is 5. The highest BCUT2D eigenvalue weighted by Crippen LogP contribution is 2.13. The molecule has 1 aromatic heterocycles. The zero-order valence-electron chi connectivity index (χ0n) is 11.6. The van der Waals surface area contributed by atoms with Crippen LogP contribution in [0.1, 0.15) is 31.3 Å². The fourth-order valence-corrected chi connectivity index (χ4v) is 2.88. The lowest BCUT2D eigenvalue weighted by molar-refractivity contribution is 0.0482. The molecular formula is C13H20NO4Si. The lowest BCUT2D eigenvalue weighted by atomic mass is 10.3. The molecule has 0 spiro atoms. The summed E-state index contributed by atoms with van der Waals surface area (Å²) in [5, 5.41) is 0. The first kappa shape index (κ1) is 15.8. The van der Waals surface area contributed by atoms with Gasteiger partial charge < -0.3 is 13.6 Å². The zero-order chi connectivity index (χ0) is 14.1. The van der Waals surface area contributed by atoms with Crippen molar-refractivity contribution < 1.29 is 18.4 Å². The van der Waals surface area contributed by atoms with Crippen LogP contribution in [-0.2, 0) is 13.6 Å². The van der Waals surface area contributed by atoms with Gasteiger partial charge in [-0.15, -0.1) is 0 Å². The summed E-state index contributed by atoms with van der Waals surface area (Å²) in [5.41, 5.74) is 0.383. The molecule has 1 heterocycles. The number of pyridine rings is 1. The second-order valence-corrected chi connectivity index (χ2v) is 6.10. The van der Waals surface area contributed by atoms with Crippen molar-refractivity contribution >= 4 is 15.3 Å². The number of ether oxygens (including phenoxy) is 1. The van der Waals surface area contributed by atoms with Crippen LogP contribution in [0.15, 0.2) is 24.4 Å². The molecule has 1 aromatic rings. The van der Waals surface area contributed by atoms with Crippen molar-refractivity contribution in [2.24, 2.45) is 0 Å². The molecule has 0 fully saturated rings. The van der Waals surface area contributed by atoms with Crippen molar-refractivity contribution in [1.82, 2.24) is 4.98 Å². The number of esters is 1.